The maximum Gasteiger partial charge on any atom is 0.409 e. The second kappa shape index (κ2) is 14.7. The molecule has 0 aromatic rings. The minimum Gasteiger partial charge on any atom is -0.450 e. The second-order valence-corrected chi connectivity index (χ2v) is 7.12. The molecule has 0 aromatic carbocycles. The number of guanidine groups is 1. The van der Waals surface area contributed by atoms with Crippen molar-refractivity contribution < 1.29 is 14.3 Å². The first-order valence-corrected chi connectivity index (χ1v) is 10.1. The molecule has 28 heavy (non-hydrogen) atoms. The molecule has 0 unspecified atom stereocenters. The number of nitrogens with zero attached hydrogens (tertiary/aromatic N) is 3. The number of likely N-dealkylation sites (tertiary alicyclic amines) is 1. The number of hydrogen-bond donors (Lipinski definition) is 2. The van der Waals surface area contributed by atoms with Gasteiger partial charge in [0.2, 0.25) is 5.91 Å². The molecule has 1 fully saturated rings. The first-order chi connectivity index (χ1) is 12.9. The molecule has 0 bridgehead atoms. The summed E-state index contributed by atoms with van der Waals surface area (Å²) in [7, 11) is 3.46. The summed E-state index contributed by atoms with van der Waals surface area (Å²) in [6.07, 6.45) is 3.61. The van der Waals surface area contributed by atoms with Crippen LogP contribution in [0.25, 0.3) is 0 Å². The van der Waals surface area contributed by atoms with Crippen molar-refractivity contribution in [3.05, 3.63) is 0 Å². The van der Waals surface area contributed by atoms with Crippen LogP contribution in [0, 0.1) is 5.92 Å². The van der Waals surface area contributed by atoms with Gasteiger partial charge in [-0.1, -0.05) is 26.7 Å². The fourth-order valence-electron chi connectivity index (χ4n) is 2.87. The van der Waals surface area contributed by atoms with Gasteiger partial charge in [-0.25, -0.2) is 9.79 Å². The fourth-order valence-corrected chi connectivity index (χ4v) is 2.87. The molecule has 0 aliphatic carbocycles. The Bertz CT molecular complexity index is 490. The van der Waals surface area contributed by atoms with Crippen LogP contribution in [0.15, 0.2) is 4.99 Å². The lowest BCUT2D eigenvalue weighted by molar-refractivity contribution is -0.127. The number of carbonyl (C=O) groups excluding carboxylic acids is 2. The number of piperidine rings is 1. The molecule has 1 saturated heterocycles. The summed E-state index contributed by atoms with van der Waals surface area (Å²) < 4.78 is 5.06. The Hall–Kier alpha value is -1.26. The van der Waals surface area contributed by atoms with Crippen molar-refractivity contribution in [3.63, 3.8) is 0 Å². The van der Waals surface area contributed by atoms with E-state index in [2.05, 4.69) is 29.5 Å². The summed E-state index contributed by atoms with van der Waals surface area (Å²) in [6, 6.07) is 0.220. The Morgan fingerprint density at radius 3 is 2.29 bits per heavy atom. The average Bonchev–Trinajstić information content (AvgIpc) is 2.66. The van der Waals surface area contributed by atoms with Crippen LogP contribution in [0.1, 0.15) is 46.5 Å². The molecule has 0 spiro atoms. The van der Waals surface area contributed by atoms with Crippen molar-refractivity contribution in [2.75, 3.05) is 46.9 Å². The Balaban J connectivity index is 0.00000729. The van der Waals surface area contributed by atoms with Gasteiger partial charge in [-0.05, 0) is 25.7 Å². The third-order valence-corrected chi connectivity index (χ3v) is 4.95. The lowest BCUT2D eigenvalue weighted by Crippen LogP contribution is -2.50. The summed E-state index contributed by atoms with van der Waals surface area (Å²) in [5.74, 6) is 1.22. The van der Waals surface area contributed by atoms with Crippen molar-refractivity contribution >= 4 is 41.9 Å². The van der Waals surface area contributed by atoms with Gasteiger partial charge in [-0.3, -0.25) is 4.79 Å². The third kappa shape index (κ3) is 9.79. The zero-order valence-corrected chi connectivity index (χ0v) is 20.3. The van der Waals surface area contributed by atoms with Gasteiger partial charge >= 0.3 is 6.09 Å². The molecular formula is C19H38IN5O3. The lowest BCUT2D eigenvalue weighted by atomic mass is 10.0. The number of likely N-dealkylation sites (N-methyl/N-ethyl adjacent to an activating group) is 1. The topological polar surface area (TPSA) is 86.3 Å². The monoisotopic (exact) mass is 511 g/mol. The molecule has 1 heterocycles. The van der Waals surface area contributed by atoms with E-state index in [0.29, 0.717) is 31.6 Å². The molecule has 1 rings (SSSR count). The number of rotatable bonds is 8. The van der Waals surface area contributed by atoms with Crippen LogP contribution in [-0.2, 0) is 9.53 Å². The maximum absolute atomic E-state index is 11.9. The van der Waals surface area contributed by atoms with E-state index in [4.69, 9.17) is 4.74 Å². The van der Waals surface area contributed by atoms with Gasteiger partial charge in [-0.2, -0.15) is 0 Å². The normalized spacial score (nSPS) is 15.1. The summed E-state index contributed by atoms with van der Waals surface area (Å²) in [5, 5.41) is 6.82. The van der Waals surface area contributed by atoms with Gasteiger partial charge in [0.15, 0.2) is 5.96 Å². The standard InChI is InChI=1S/C19H37N5O3.HI/c1-6-15(7-2)13-20-18(21-14-17(25)23(4)5)22-16-9-11-24(12-10-16)19(26)27-8-3;/h15-16H,6-14H2,1-5H3,(H2,20,21,22);1H. The highest BCUT2D eigenvalue weighted by molar-refractivity contribution is 14.0. The van der Waals surface area contributed by atoms with E-state index >= 15 is 0 Å². The van der Waals surface area contributed by atoms with Crippen molar-refractivity contribution in [1.29, 1.82) is 0 Å². The van der Waals surface area contributed by atoms with Crippen LogP contribution in [0.5, 0.6) is 0 Å². The number of ether oxygens (including phenoxy) is 1. The molecule has 0 radical (unpaired) electrons. The zero-order chi connectivity index (χ0) is 20.2. The number of aliphatic imine (C=N–C) groups is 1. The highest BCUT2D eigenvalue weighted by atomic mass is 127. The van der Waals surface area contributed by atoms with Crippen LogP contribution in [0.4, 0.5) is 4.79 Å². The molecule has 8 nitrogen and oxygen atoms in total. The van der Waals surface area contributed by atoms with Crippen LogP contribution >= 0.6 is 24.0 Å². The highest BCUT2D eigenvalue weighted by Crippen LogP contribution is 2.12. The van der Waals surface area contributed by atoms with E-state index in [9.17, 15) is 9.59 Å². The zero-order valence-electron chi connectivity index (χ0n) is 18.0. The molecule has 164 valence electrons. The smallest absolute Gasteiger partial charge is 0.409 e. The number of nitrogens with one attached hydrogen (secondary N) is 2. The van der Waals surface area contributed by atoms with Gasteiger partial charge in [0.05, 0.1) is 6.61 Å². The second-order valence-electron chi connectivity index (χ2n) is 7.12. The van der Waals surface area contributed by atoms with Gasteiger partial charge < -0.3 is 25.2 Å². The van der Waals surface area contributed by atoms with Gasteiger partial charge in [0.25, 0.3) is 0 Å². The van der Waals surface area contributed by atoms with Gasteiger partial charge in [0.1, 0.15) is 6.54 Å². The lowest BCUT2D eigenvalue weighted by Gasteiger charge is -2.32. The predicted molar refractivity (Wildman–Crippen MR) is 123 cm³/mol. The van der Waals surface area contributed by atoms with Crippen molar-refractivity contribution in [2.24, 2.45) is 10.9 Å². The average molecular weight is 511 g/mol. The van der Waals surface area contributed by atoms with E-state index in [1.807, 2.05) is 6.92 Å². The largest absolute Gasteiger partial charge is 0.450 e. The Labute approximate surface area is 186 Å². The molecule has 1 aliphatic rings. The summed E-state index contributed by atoms with van der Waals surface area (Å²) in [5.41, 5.74) is 0. The fraction of sp³-hybridized carbons (Fsp3) is 0.842. The molecule has 1 aliphatic heterocycles. The summed E-state index contributed by atoms with van der Waals surface area (Å²) in [4.78, 5) is 31.4. The van der Waals surface area contributed by atoms with Gasteiger partial charge in [0, 0.05) is 39.8 Å². The van der Waals surface area contributed by atoms with E-state index < -0.39 is 0 Å². The summed E-state index contributed by atoms with van der Waals surface area (Å²) >= 11 is 0. The van der Waals surface area contributed by atoms with Crippen LogP contribution in [0.3, 0.4) is 0 Å². The number of halogens is 1. The first-order valence-electron chi connectivity index (χ1n) is 10.1. The first kappa shape index (κ1) is 26.7. The summed E-state index contributed by atoms with van der Waals surface area (Å²) in [6.45, 7) is 8.84. The molecule has 9 heteroatoms. The van der Waals surface area contributed by atoms with Gasteiger partial charge in [-0.15, -0.1) is 24.0 Å². The SMILES string of the molecule is CCOC(=O)N1CCC(NC(=NCC(=O)N(C)C)NCC(CC)CC)CC1.I. The maximum atomic E-state index is 11.9. The van der Waals surface area contributed by atoms with E-state index in [1.54, 1.807) is 23.9 Å². The molecule has 0 aromatic heterocycles. The Kier molecular flexibility index (Phi) is 14.0. The minimum absolute atomic E-state index is 0. The Morgan fingerprint density at radius 1 is 1.18 bits per heavy atom. The highest BCUT2D eigenvalue weighted by Gasteiger charge is 2.24. The van der Waals surface area contributed by atoms with E-state index in [-0.39, 0.29) is 48.6 Å². The van der Waals surface area contributed by atoms with Crippen molar-refractivity contribution in [2.45, 2.75) is 52.5 Å². The third-order valence-electron chi connectivity index (χ3n) is 4.95. The quantitative estimate of drug-likeness (QED) is 0.297. The predicted octanol–water partition coefficient (Wildman–Crippen LogP) is 2.28. The van der Waals surface area contributed by atoms with E-state index in [0.717, 1.165) is 32.2 Å². The van der Waals surface area contributed by atoms with Crippen LogP contribution in [-0.4, -0.2) is 80.7 Å². The molecular weight excluding hydrogens is 473 g/mol. The molecule has 2 amide bonds. The molecule has 0 atom stereocenters. The van der Waals surface area contributed by atoms with Crippen LogP contribution in [0.2, 0.25) is 0 Å². The number of amides is 2. The van der Waals surface area contributed by atoms with Crippen molar-refractivity contribution in [1.82, 2.24) is 20.4 Å². The molecule has 0 saturated carbocycles. The number of carbonyl (C=O) groups is 2. The van der Waals surface area contributed by atoms with E-state index in [1.165, 1.54) is 0 Å². The van der Waals surface area contributed by atoms with Crippen molar-refractivity contribution in [3.8, 4) is 0 Å². The number of hydrogen-bond acceptors (Lipinski definition) is 4. The molecule has 2 N–H and O–H groups in total. The minimum atomic E-state index is -0.242. The Morgan fingerprint density at radius 2 is 1.79 bits per heavy atom. The van der Waals surface area contributed by atoms with Crippen LogP contribution < -0.4 is 10.6 Å².